The van der Waals surface area contributed by atoms with E-state index in [0.717, 1.165) is 36.6 Å². The van der Waals surface area contributed by atoms with Crippen LogP contribution in [0.15, 0.2) is 29.2 Å². The molecule has 0 saturated carbocycles. The molecule has 0 saturated heterocycles. The first-order valence-electron chi connectivity index (χ1n) is 10.9. The molecule has 0 amide bonds. The van der Waals surface area contributed by atoms with Crippen LogP contribution < -0.4 is 4.72 Å². The normalized spacial score (nSPS) is 13.5. The molecule has 0 aliphatic carbocycles. The van der Waals surface area contributed by atoms with Crippen LogP contribution in [0.2, 0.25) is 0 Å². The summed E-state index contributed by atoms with van der Waals surface area (Å²) in [5, 5.41) is 0. The molecule has 0 aromatic heterocycles. The minimum absolute atomic E-state index is 0.151. The Labute approximate surface area is 184 Å². The van der Waals surface area contributed by atoms with Crippen molar-refractivity contribution >= 4 is 21.8 Å². The lowest BCUT2D eigenvalue weighted by Crippen LogP contribution is -2.47. The van der Waals surface area contributed by atoms with Gasteiger partial charge in [0.05, 0.1) is 4.90 Å². The molecule has 0 heterocycles. The van der Waals surface area contributed by atoms with Crippen molar-refractivity contribution in [3.63, 3.8) is 0 Å². The van der Waals surface area contributed by atoms with E-state index in [2.05, 4.69) is 6.92 Å². The Morgan fingerprint density at radius 1 is 0.900 bits per heavy atom. The molecule has 1 N–H and O–H groups in total. The Hall–Kier alpha value is -0.730. The number of aryl methyl sites for hydroxylation is 1. The van der Waals surface area contributed by atoms with Crippen molar-refractivity contribution in [1.29, 1.82) is 0 Å². The van der Waals surface area contributed by atoms with Crippen molar-refractivity contribution in [2.75, 3.05) is 11.5 Å². The highest BCUT2D eigenvalue weighted by Gasteiger charge is 2.42. The number of rotatable bonds is 16. The second-order valence-corrected chi connectivity index (χ2v) is 10.6. The fourth-order valence-electron chi connectivity index (χ4n) is 3.06. The van der Waals surface area contributed by atoms with Crippen LogP contribution in [-0.4, -0.2) is 32.1 Å². The fourth-order valence-corrected chi connectivity index (χ4v) is 5.47. The van der Waals surface area contributed by atoms with E-state index in [9.17, 15) is 21.6 Å². The third kappa shape index (κ3) is 11.6. The van der Waals surface area contributed by atoms with Crippen LogP contribution in [0.25, 0.3) is 0 Å². The Kier molecular flexibility index (Phi) is 13.1. The molecular formula is C22H36F3NO2S2. The quantitative estimate of drug-likeness (QED) is 0.270. The third-order valence-corrected chi connectivity index (χ3v) is 7.58. The molecule has 0 radical (unpaired) electrons. The van der Waals surface area contributed by atoms with Gasteiger partial charge in [-0.2, -0.15) is 29.7 Å². The van der Waals surface area contributed by atoms with Crippen LogP contribution in [-0.2, 0) is 10.0 Å². The number of hydrogen-bond acceptors (Lipinski definition) is 3. The summed E-state index contributed by atoms with van der Waals surface area (Å²) in [5.41, 5.74) is 0.841. The summed E-state index contributed by atoms with van der Waals surface area (Å²) in [6.45, 7) is 3.99. The van der Waals surface area contributed by atoms with E-state index < -0.39 is 22.2 Å². The summed E-state index contributed by atoms with van der Waals surface area (Å²) in [4.78, 5) is -0.151. The van der Waals surface area contributed by atoms with Gasteiger partial charge in [0.1, 0.15) is 6.04 Å². The summed E-state index contributed by atoms with van der Waals surface area (Å²) >= 11 is 1.16. The molecular weight excluding hydrogens is 431 g/mol. The Balaban J connectivity index is 2.30. The highest BCUT2D eigenvalue weighted by atomic mass is 32.2. The van der Waals surface area contributed by atoms with Gasteiger partial charge in [-0.05, 0) is 31.2 Å². The summed E-state index contributed by atoms with van der Waals surface area (Å²) in [6.07, 6.45) is 7.18. The fraction of sp³-hybridized carbons (Fsp3) is 0.727. The molecule has 3 nitrogen and oxygen atoms in total. The molecule has 1 aromatic carbocycles. The van der Waals surface area contributed by atoms with Gasteiger partial charge >= 0.3 is 6.18 Å². The Bertz CT molecular complexity index is 677. The molecule has 0 spiro atoms. The number of unbranched alkanes of at least 4 members (excludes halogenated alkanes) is 9. The molecule has 0 aliphatic rings. The minimum atomic E-state index is -4.62. The van der Waals surface area contributed by atoms with E-state index in [0.29, 0.717) is 5.75 Å². The topological polar surface area (TPSA) is 46.2 Å². The monoisotopic (exact) mass is 467 g/mol. The Morgan fingerprint density at radius 2 is 1.40 bits per heavy atom. The van der Waals surface area contributed by atoms with Gasteiger partial charge in [0.2, 0.25) is 10.0 Å². The van der Waals surface area contributed by atoms with Crippen molar-refractivity contribution in [2.24, 2.45) is 0 Å². The van der Waals surface area contributed by atoms with Crippen LogP contribution in [0.5, 0.6) is 0 Å². The molecule has 0 fully saturated rings. The van der Waals surface area contributed by atoms with Gasteiger partial charge in [0, 0.05) is 5.75 Å². The average molecular weight is 468 g/mol. The zero-order valence-corrected chi connectivity index (χ0v) is 19.8. The number of benzene rings is 1. The van der Waals surface area contributed by atoms with Crippen molar-refractivity contribution in [1.82, 2.24) is 4.72 Å². The van der Waals surface area contributed by atoms with E-state index in [1.54, 1.807) is 19.1 Å². The molecule has 8 heteroatoms. The lowest BCUT2D eigenvalue weighted by molar-refractivity contribution is -0.145. The first-order chi connectivity index (χ1) is 14.2. The second kappa shape index (κ2) is 14.4. The van der Waals surface area contributed by atoms with E-state index >= 15 is 0 Å². The van der Waals surface area contributed by atoms with Crippen molar-refractivity contribution in [3.05, 3.63) is 29.8 Å². The van der Waals surface area contributed by atoms with E-state index in [4.69, 9.17) is 0 Å². The van der Waals surface area contributed by atoms with Gasteiger partial charge < -0.3 is 0 Å². The average Bonchev–Trinajstić information content (AvgIpc) is 2.67. The Morgan fingerprint density at radius 3 is 1.90 bits per heavy atom. The van der Waals surface area contributed by atoms with Gasteiger partial charge in [0.25, 0.3) is 0 Å². The van der Waals surface area contributed by atoms with Crippen LogP contribution in [0.3, 0.4) is 0 Å². The zero-order valence-electron chi connectivity index (χ0n) is 18.1. The maximum Gasteiger partial charge on any atom is 0.405 e. The van der Waals surface area contributed by atoms with Gasteiger partial charge in [-0.25, -0.2) is 8.42 Å². The van der Waals surface area contributed by atoms with Crippen LogP contribution >= 0.6 is 11.8 Å². The number of alkyl halides is 3. The number of nitrogens with one attached hydrogen (secondary N) is 1. The van der Waals surface area contributed by atoms with Crippen molar-refractivity contribution in [3.8, 4) is 0 Å². The van der Waals surface area contributed by atoms with Crippen LogP contribution in [0.4, 0.5) is 13.2 Å². The maximum atomic E-state index is 13.3. The second-order valence-electron chi connectivity index (χ2n) is 7.79. The summed E-state index contributed by atoms with van der Waals surface area (Å²) in [6, 6.07) is 3.69. The number of thioether (sulfide) groups is 1. The highest BCUT2D eigenvalue weighted by molar-refractivity contribution is 7.99. The molecule has 30 heavy (non-hydrogen) atoms. The first kappa shape index (κ1) is 27.3. The lowest BCUT2D eigenvalue weighted by atomic mass is 10.1. The molecule has 1 atom stereocenters. The molecule has 174 valence electrons. The third-order valence-electron chi connectivity index (χ3n) is 4.95. The van der Waals surface area contributed by atoms with Crippen LogP contribution in [0.1, 0.15) is 76.7 Å². The van der Waals surface area contributed by atoms with Gasteiger partial charge in [0.15, 0.2) is 0 Å². The molecule has 0 bridgehead atoms. The molecule has 1 aromatic rings. The van der Waals surface area contributed by atoms with Crippen molar-refractivity contribution < 1.29 is 21.6 Å². The number of halogens is 3. The summed E-state index contributed by atoms with van der Waals surface area (Å²) < 4.78 is 66.4. The predicted molar refractivity (Wildman–Crippen MR) is 121 cm³/mol. The smallest absolute Gasteiger partial charge is 0.207 e. The van der Waals surface area contributed by atoms with E-state index in [1.807, 2.05) is 4.72 Å². The van der Waals surface area contributed by atoms with Gasteiger partial charge in [-0.1, -0.05) is 82.4 Å². The lowest BCUT2D eigenvalue weighted by Gasteiger charge is -2.21. The standard InChI is InChI=1S/C22H36F3NO2S2/c1-3-4-5-6-7-8-9-10-11-12-17-29-18-21(22(23,24)25)26-30(27,28)20-15-13-19(2)14-16-20/h13-16,21,26H,3-12,17-18H2,1-2H3. The van der Waals surface area contributed by atoms with E-state index in [-0.39, 0.29) is 10.6 Å². The maximum absolute atomic E-state index is 13.3. The van der Waals surface area contributed by atoms with Gasteiger partial charge in [-0.3, -0.25) is 0 Å². The SMILES string of the molecule is CCCCCCCCCCCCSCC(NS(=O)(=O)c1ccc(C)cc1)C(F)(F)F. The highest BCUT2D eigenvalue weighted by Crippen LogP contribution is 2.25. The number of hydrogen-bond donors (Lipinski definition) is 1. The largest absolute Gasteiger partial charge is 0.405 e. The first-order valence-corrected chi connectivity index (χ1v) is 13.5. The number of sulfonamides is 1. The zero-order chi connectivity index (χ0) is 22.5. The molecule has 0 aliphatic heterocycles. The van der Waals surface area contributed by atoms with E-state index in [1.165, 1.54) is 57.1 Å². The van der Waals surface area contributed by atoms with Crippen molar-refractivity contribution in [2.45, 2.75) is 95.2 Å². The molecule has 1 rings (SSSR count). The predicted octanol–water partition coefficient (Wildman–Crippen LogP) is 6.86. The molecule has 1 unspecified atom stereocenters. The van der Waals surface area contributed by atoms with Gasteiger partial charge in [-0.15, -0.1) is 0 Å². The summed E-state index contributed by atoms with van der Waals surface area (Å²) in [5.74, 6) is 0.293. The van der Waals surface area contributed by atoms with Crippen LogP contribution in [0, 0.1) is 6.92 Å². The summed E-state index contributed by atoms with van der Waals surface area (Å²) in [7, 11) is -4.21. The minimum Gasteiger partial charge on any atom is -0.207 e.